The molecule has 0 bridgehead atoms. The van der Waals surface area contributed by atoms with Crippen LogP contribution in [0, 0.1) is 0 Å². The van der Waals surface area contributed by atoms with Crippen LogP contribution in [0.2, 0.25) is 0 Å². The molecule has 1 aliphatic rings. The molecule has 0 spiro atoms. The fourth-order valence-electron chi connectivity index (χ4n) is 2.78. The number of benzene rings is 2. The van der Waals surface area contributed by atoms with Gasteiger partial charge >= 0.3 is 0 Å². The lowest BCUT2D eigenvalue weighted by molar-refractivity contribution is 0.0940. The van der Waals surface area contributed by atoms with E-state index < -0.39 is 9.84 Å². The highest BCUT2D eigenvalue weighted by Gasteiger charge is 2.19. The summed E-state index contributed by atoms with van der Waals surface area (Å²) in [5.74, 6) is -0.286. The molecule has 1 saturated heterocycles. The van der Waals surface area contributed by atoms with Gasteiger partial charge in [0.1, 0.15) is 0 Å². The molecule has 2 aromatic carbocycles. The molecule has 0 aromatic heterocycles. The predicted molar refractivity (Wildman–Crippen MR) is 99.8 cm³/mol. The summed E-state index contributed by atoms with van der Waals surface area (Å²) in [5.41, 5.74) is 1.10. The SMILES string of the molecule is Cl.O=C(NC1CCNC1)c1cccc(CS(=O)(=O)c2ccccc2)c1. The van der Waals surface area contributed by atoms with Crippen LogP contribution in [0.3, 0.4) is 0 Å². The summed E-state index contributed by atoms with van der Waals surface area (Å²) >= 11 is 0. The lowest BCUT2D eigenvalue weighted by Crippen LogP contribution is -2.36. The second-order valence-corrected chi connectivity index (χ2v) is 7.93. The number of sulfone groups is 1. The molecule has 7 heteroatoms. The Morgan fingerprint density at radius 3 is 2.56 bits per heavy atom. The molecular formula is C18H21ClN2O3S. The highest BCUT2D eigenvalue weighted by Crippen LogP contribution is 2.17. The highest BCUT2D eigenvalue weighted by atomic mass is 35.5. The Morgan fingerprint density at radius 2 is 1.88 bits per heavy atom. The second-order valence-electron chi connectivity index (χ2n) is 5.94. The Hall–Kier alpha value is -1.89. The van der Waals surface area contributed by atoms with Gasteiger partial charge < -0.3 is 10.6 Å². The average molecular weight is 381 g/mol. The molecule has 1 atom stereocenters. The maximum atomic E-state index is 12.5. The van der Waals surface area contributed by atoms with Crippen molar-refractivity contribution in [2.75, 3.05) is 13.1 Å². The van der Waals surface area contributed by atoms with E-state index in [4.69, 9.17) is 0 Å². The lowest BCUT2D eigenvalue weighted by Gasteiger charge is -2.12. The molecule has 0 aliphatic carbocycles. The van der Waals surface area contributed by atoms with Crippen molar-refractivity contribution in [1.82, 2.24) is 10.6 Å². The minimum Gasteiger partial charge on any atom is -0.348 e. The van der Waals surface area contributed by atoms with Gasteiger partial charge in [0.2, 0.25) is 0 Å². The Morgan fingerprint density at radius 1 is 1.12 bits per heavy atom. The summed E-state index contributed by atoms with van der Waals surface area (Å²) in [6.07, 6.45) is 0.911. The Labute approximate surface area is 154 Å². The van der Waals surface area contributed by atoms with Crippen molar-refractivity contribution in [3.63, 3.8) is 0 Å². The van der Waals surface area contributed by atoms with E-state index in [-0.39, 0.29) is 35.0 Å². The largest absolute Gasteiger partial charge is 0.348 e. The van der Waals surface area contributed by atoms with Crippen LogP contribution < -0.4 is 10.6 Å². The lowest BCUT2D eigenvalue weighted by atomic mass is 10.1. The quantitative estimate of drug-likeness (QED) is 0.833. The summed E-state index contributed by atoms with van der Waals surface area (Å²) < 4.78 is 24.9. The minimum atomic E-state index is -3.42. The van der Waals surface area contributed by atoms with Gasteiger partial charge in [-0.3, -0.25) is 4.79 Å². The number of hydrogen-bond acceptors (Lipinski definition) is 4. The van der Waals surface area contributed by atoms with E-state index in [0.29, 0.717) is 11.1 Å². The normalized spacial score (nSPS) is 16.9. The van der Waals surface area contributed by atoms with Crippen LogP contribution in [0.25, 0.3) is 0 Å². The zero-order valence-corrected chi connectivity index (χ0v) is 15.3. The van der Waals surface area contributed by atoms with Gasteiger partial charge in [-0.2, -0.15) is 0 Å². The van der Waals surface area contributed by atoms with Gasteiger partial charge in [0.15, 0.2) is 9.84 Å². The summed E-state index contributed by atoms with van der Waals surface area (Å²) in [5, 5.41) is 6.16. The topological polar surface area (TPSA) is 75.3 Å². The number of carbonyl (C=O) groups is 1. The average Bonchev–Trinajstić information content (AvgIpc) is 3.08. The van der Waals surface area contributed by atoms with Crippen LogP contribution in [0.15, 0.2) is 59.5 Å². The molecule has 0 saturated carbocycles. The number of carbonyl (C=O) groups excluding carboxylic acids is 1. The minimum absolute atomic E-state index is 0. The van der Waals surface area contributed by atoms with Crippen LogP contribution in [0.4, 0.5) is 0 Å². The molecule has 134 valence electrons. The zero-order chi connectivity index (χ0) is 17.0. The monoisotopic (exact) mass is 380 g/mol. The van der Waals surface area contributed by atoms with Gasteiger partial charge in [0, 0.05) is 18.2 Å². The van der Waals surface area contributed by atoms with E-state index in [0.717, 1.165) is 19.5 Å². The molecule has 1 unspecified atom stereocenters. The maximum absolute atomic E-state index is 12.5. The first kappa shape index (κ1) is 19.4. The van der Waals surface area contributed by atoms with E-state index >= 15 is 0 Å². The van der Waals surface area contributed by atoms with Crippen molar-refractivity contribution >= 4 is 28.2 Å². The number of nitrogens with one attached hydrogen (secondary N) is 2. The van der Waals surface area contributed by atoms with Gasteiger partial charge in [-0.1, -0.05) is 30.3 Å². The van der Waals surface area contributed by atoms with Crippen LogP contribution in [0.5, 0.6) is 0 Å². The summed E-state index contributed by atoms with van der Waals surface area (Å²) in [4.78, 5) is 12.6. The first-order chi connectivity index (χ1) is 11.5. The van der Waals surface area contributed by atoms with Crippen LogP contribution >= 0.6 is 12.4 Å². The maximum Gasteiger partial charge on any atom is 0.251 e. The van der Waals surface area contributed by atoms with E-state index in [2.05, 4.69) is 10.6 Å². The molecule has 1 aliphatic heterocycles. The Balaban J connectivity index is 0.00000225. The third-order valence-corrected chi connectivity index (χ3v) is 5.75. The summed E-state index contributed by atoms with van der Waals surface area (Å²) in [6, 6.07) is 15.3. The van der Waals surface area contributed by atoms with Gasteiger partial charge in [0.25, 0.3) is 5.91 Å². The van der Waals surface area contributed by atoms with Crippen LogP contribution in [-0.4, -0.2) is 33.5 Å². The fraction of sp³-hybridized carbons (Fsp3) is 0.278. The summed E-state index contributed by atoms with van der Waals surface area (Å²) in [7, 11) is -3.42. The number of halogens is 1. The number of amides is 1. The summed E-state index contributed by atoms with van der Waals surface area (Å²) in [6.45, 7) is 1.67. The van der Waals surface area contributed by atoms with Gasteiger partial charge in [-0.15, -0.1) is 12.4 Å². The molecule has 3 rings (SSSR count). The molecule has 25 heavy (non-hydrogen) atoms. The van der Waals surface area contributed by atoms with E-state index in [9.17, 15) is 13.2 Å². The Bertz CT molecular complexity index is 819. The van der Waals surface area contributed by atoms with Crippen molar-refractivity contribution in [3.8, 4) is 0 Å². The van der Waals surface area contributed by atoms with Crippen molar-refractivity contribution in [3.05, 3.63) is 65.7 Å². The first-order valence-electron chi connectivity index (χ1n) is 7.93. The Kier molecular flexibility index (Phi) is 6.58. The van der Waals surface area contributed by atoms with Crippen LogP contribution in [0.1, 0.15) is 22.3 Å². The van der Waals surface area contributed by atoms with Crippen molar-refractivity contribution in [2.24, 2.45) is 0 Å². The van der Waals surface area contributed by atoms with E-state index in [1.165, 1.54) is 0 Å². The van der Waals surface area contributed by atoms with Crippen LogP contribution in [-0.2, 0) is 15.6 Å². The second kappa shape index (κ2) is 8.47. The van der Waals surface area contributed by atoms with E-state index in [1.807, 2.05) is 0 Å². The van der Waals surface area contributed by atoms with Gasteiger partial charge in [-0.05, 0) is 42.8 Å². The molecule has 0 radical (unpaired) electrons. The fourth-order valence-corrected chi connectivity index (χ4v) is 4.14. The van der Waals surface area contributed by atoms with Crippen molar-refractivity contribution in [2.45, 2.75) is 23.1 Å². The molecule has 2 aromatic rings. The molecule has 2 N–H and O–H groups in total. The molecule has 1 heterocycles. The molecular weight excluding hydrogens is 360 g/mol. The van der Waals surface area contributed by atoms with Gasteiger partial charge in [-0.25, -0.2) is 8.42 Å². The molecule has 1 amide bonds. The molecule has 5 nitrogen and oxygen atoms in total. The molecule has 1 fully saturated rings. The zero-order valence-electron chi connectivity index (χ0n) is 13.6. The van der Waals surface area contributed by atoms with Crippen molar-refractivity contribution in [1.29, 1.82) is 0 Å². The predicted octanol–water partition coefficient (Wildman–Crippen LogP) is 2.17. The standard InChI is InChI=1S/C18H20N2O3S.ClH/c21-18(20-16-9-10-19-12-16)15-6-4-5-14(11-15)13-24(22,23)17-7-2-1-3-8-17;/h1-8,11,16,19H,9-10,12-13H2,(H,20,21);1H. The van der Waals surface area contributed by atoms with Crippen molar-refractivity contribution < 1.29 is 13.2 Å². The number of hydrogen-bond donors (Lipinski definition) is 2. The number of rotatable bonds is 5. The van der Waals surface area contributed by atoms with Gasteiger partial charge in [0.05, 0.1) is 10.6 Å². The first-order valence-corrected chi connectivity index (χ1v) is 9.58. The highest BCUT2D eigenvalue weighted by molar-refractivity contribution is 7.90. The third-order valence-electron chi connectivity index (χ3n) is 4.04. The van der Waals surface area contributed by atoms with E-state index in [1.54, 1.807) is 54.6 Å². The third kappa shape index (κ3) is 5.04. The smallest absolute Gasteiger partial charge is 0.251 e.